The Morgan fingerprint density at radius 2 is 1.73 bits per heavy atom. The maximum absolute atomic E-state index is 13.5. The molecule has 1 amide bonds. The number of nitriles is 1. The van der Waals surface area contributed by atoms with Crippen molar-refractivity contribution in [1.82, 2.24) is 5.32 Å². The summed E-state index contributed by atoms with van der Waals surface area (Å²) in [5, 5.41) is 11.5. The van der Waals surface area contributed by atoms with E-state index in [1.165, 1.54) is 6.07 Å². The highest BCUT2D eigenvalue weighted by atomic mass is 19.1. The number of rotatable bonds is 4. The molecule has 3 nitrogen and oxygen atoms in total. The normalized spacial score (nSPS) is 10.9. The van der Waals surface area contributed by atoms with Gasteiger partial charge in [-0.05, 0) is 23.8 Å². The van der Waals surface area contributed by atoms with E-state index in [4.69, 9.17) is 5.26 Å². The molecule has 0 unspecified atom stereocenters. The van der Waals surface area contributed by atoms with Crippen LogP contribution in [0.5, 0.6) is 0 Å². The molecule has 22 heavy (non-hydrogen) atoms. The smallest absolute Gasteiger partial charge is 0.262 e. The lowest BCUT2D eigenvalue weighted by Gasteiger charge is -2.05. The molecule has 2 rings (SSSR count). The van der Waals surface area contributed by atoms with Crippen LogP contribution in [0, 0.1) is 23.0 Å². The Bertz CT molecular complexity index is 729. The van der Waals surface area contributed by atoms with E-state index in [0.29, 0.717) is 0 Å². The minimum atomic E-state index is -0.830. The first kappa shape index (κ1) is 15.4. The quantitative estimate of drug-likeness (QED) is 0.696. The number of carbonyl (C=O) groups excluding carboxylic acids is 1. The zero-order valence-corrected chi connectivity index (χ0v) is 11.5. The summed E-state index contributed by atoms with van der Waals surface area (Å²) in [6, 6.07) is 14.1. The molecular formula is C17H12F2N2O. The second-order valence-corrected chi connectivity index (χ2v) is 4.47. The van der Waals surface area contributed by atoms with Gasteiger partial charge >= 0.3 is 0 Å². The number of amides is 1. The Morgan fingerprint density at radius 3 is 2.32 bits per heavy atom. The molecule has 1 N–H and O–H groups in total. The molecule has 0 aliphatic rings. The molecule has 0 saturated heterocycles. The van der Waals surface area contributed by atoms with Gasteiger partial charge in [0.15, 0.2) is 0 Å². The van der Waals surface area contributed by atoms with Crippen LogP contribution in [0.1, 0.15) is 11.1 Å². The van der Waals surface area contributed by atoms with E-state index in [1.54, 1.807) is 6.07 Å². The van der Waals surface area contributed by atoms with Crippen LogP contribution in [0.3, 0.4) is 0 Å². The third kappa shape index (κ3) is 3.76. The Hall–Kier alpha value is -3.00. The van der Waals surface area contributed by atoms with Crippen LogP contribution < -0.4 is 5.32 Å². The highest BCUT2D eigenvalue weighted by molar-refractivity contribution is 6.01. The summed E-state index contributed by atoms with van der Waals surface area (Å²) in [7, 11) is 0. The lowest BCUT2D eigenvalue weighted by atomic mass is 10.1. The van der Waals surface area contributed by atoms with Gasteiger partial charge in [-0.15, -0.1) is 0 Å². The fourth-order valence-corrected chi connectivity index (χ4v) is 1.81. The fourth-order valence-electron chi connectivity index (χ4n) is 1.81. The Labute approximate surface area is 126 Å². The molecule has 0 fully saturated rings. The molecular weight excluding hydrogens is 286 g/mol. The van der Waals surface area contributed by atoms with Gasteiger partial charge in [0, 0.05) is 12.1 Å². The first-order chi connectivity index (χ1) is 10.6. The number of carbonyl (C=O) groups is 1. The molecule has 0 saturated carbocycles. The van der Waals surface area contributed by atoms with Gasteiger partial charge in [0.1, 0.15) is 23.3 Å². The van der Waals surface area contributed by atoms with Crippen LogP contribution in [0.25, 0.3) is 6.08 Å². The molecule has 0 heterocycles. The predicted octanol–water partition coefficient (Wildman–Crippen LogP) is 3.19. The Kier molecular flexibility index (Phi) is 4.99. The highest BCUT2D eigenvalue weighted by Gasteiger charge is 2.12. The monoisotopic (exact) mass is 298 g/mol. The average molecular weight is 298 g/mol. The maximum Gasteiger partial charge on any atom is 0.262 e. The van der Waals surface area contributed by atoms with E-state index in [0.717, 1.165) is 23.8 Å². The summed E-state index contributed by atoms with van der Waals surface area (Å²) < 4.78 is 27.1. The minimum Gasteiger partial charge on any atom is -0.347 e. The molecule has 0 spiro atoms. The standard InChI is InChI=1S/C17H12F2N2O/c18-15-7-4-8-16(19)14(15)9-13(10-20)17(22)21-11-12-5-2-1-3-6-12/h1-9H,11H2,(H,21,22)/b13-9+. The highest BCUT2D eigenvalue weighted by Crippen LogP contribution is 2.16. The van der Waals surface area contributed by atoms with Crippen LogP contribution in [-0.2, 0) is 11.3 Å². The zero-order chi connectivity index (χ0) is 15.9. The van der Waals surface area contributed by atoms with Crippen molar-refractivity contribution >= 4 is 12.0 Å². The third-order valence-corrected chi connectivity index (χ3v) is 2.95. The van der Waals surface area contributed by atoms with Gasteiger partial charge in [0.25, 0.3) is 5.91 Å². The summed E-state index contributed by atoms with van der Waals surface area (Å²) in [4.78, 5) is 11.9. The van der Waals surface area contributed by atoms with Crippen molar-refractivity contribution in [2.24, 2.45) is 0 Å². The minimum absolute atomic E-state index is 0.221. The van der Waals surface area contributed by atoms with Gasteiger partial charge in [-0.2, -0.15) is 5.26 Å². The van der Waals surface area contributed by atoms with E-state index in [-0.39, 0.29) is 12.1 Å². The van der Waals surface area contributed by atoms with Crippen molar-refractivity contribution in [2.45, 2.75) is 6.54 Å². The number of nitrogens with one attached hydrogen (secondary N) is 1. The van der Waals surface area contributed by atoms with Crippen LogP contribution in [0.4, 0.5) is 8.78 Å². The van der Waals surface area contributed by atoms with Crippen molar-refractivity contribution < 1.29 is 13.6 Å². The summed E-state index contributed by atoms with van der Waals surface area (Å²) in [6.07, 6.45) is 0.908. The van der Waals surface area contributed by atoms with Crippen LogP contribution >= 0.6 is 0 Å². The molecule has 110 valence electrons. The zero-order valence-electron chi connectivity index (χ0n) is 11.5. The Balaban J connectivity index is 2.16. The largest absolute Gasteiger partial charge is 0.347 e. The predicted molar refractivity (Wildman–Crippen MR) is 78.2 cm³/mol. The number of benzene rings is 2. The van der Waals surface area contributed by atoms with E-state index in [1.807, 2.05) is 30.3 Å². The van der Waals surface area contributed by atoms with Gasteiger partial charge in [0.05, 0.1) is 0 Å². The van der Waals surface area contributed by atoms with Crippen molar-refractivity contribution in [1.29, 1.82) is 5.26 Å². The number of nitrogens with zero attached hydrogens (tertiary/aromatic N) is 1. The molecule has 0 aliphatic heterocycles. The van der Waals surface area contributed by atoms with Gasteiger partial charge < -0.3 is 5.32 Å². The second kappa shape index (κ2) is 7.14. The second-order valence-electron chi connectivity index (χ2n) is 4.47. The molecule has 5 heteroatoms. The van der Waals surface area contributed by atoms with Crippen LogP contribution in [0.2, 0.25) is 0 Å². The topological polar surface area (TPSA) is 52.9 Å². The number of hydrogen-bond acceptors (Lipinski definition) is 2. The van der Waals surface area contributed by atoms with E-state index < -0.39 is 23.1 Å². The molecule has 0 bridgehead atoms. The van der Waals surface area contributed by atoms with Crippen molar-refractivity contribution in [3.63, 3.8) is 0 Å². The van der Waals surface area contributed by atoms with E-state index >= 15 is 0 Å². The van der Waals surface area contributed by atoms with E-state index in [9.17, 15) is 13.6 Å². The maximum atomic E-state index is 13.5. The molecule has 0 atom stereocenters. The van der Waals surface area contributed by atoms with Crippen LogP contribution in [0.15, 0.2) is 54.1 Å². The third-order valence-electron chi connectivity index (χ3n) is 2.95. The number of halogens is 2. The first-order valence-electron chi connectivity index (χ1n) is 6.49. The lowest BCUT2D eigenvalue weighted by Crippen LogP contribution is -2.24. The van der Waals surface area contributed by atoms with Crippen LogP contribution in [-0.4, -0.2) is 5.91 Å². The number of hydrogen-bond donors (Lipinski definition) is 1. The lowest BCUT2D eigenvalue weighted by molar-refractivity contribution is -0.117. The summed E-state index contributed by atoms with van der Waals surface area (Å²) in [6.45, 7) is 0.221. The summed E-state index contributed by atoms with van der Waals surface area (Å²) in [5.74, 6) is -2.35. The van der Waals surface area contributed by atoms with Gasteiger partial charge in [-0.25, -0.2) is 8.78 Å². The fraction of sp³-hybridized carbons (Fsp3) is 0.0588. The Morgan fingerprint density at radius 1 is 1.09 bits per heavy atom. The first-order valence-corrected chi connectivity index (χ1v) is 6.49. The molecule has 0 aliphatic carbocycles. The van der Waals surface area contributed by atoms with Crippen molar-refractivity contribution in [2.75, 3.05) is 0 Å². The van der Waals surface area contributed by atoms with Crippen molar-refractivity contribution in [3.8, 4) is 6.07 Å². The molecule has 2 aromatic rings. The average Bonchev–Trinajstić information content (AvgIpc) is 2.53. The summed E-state index contributed by atoms with van der Waals surface area (Å²) in [5.41, 5.74) is 0.0825. The molecule has 2 aromatic carbocycles. The van der Waals surface area contributed by atoms with Gasteiger partial charge in [-0.1, -0.05) is 36.4 Å². The molecule has 0 aromatic heterocycles. The van der Waals surface area contributed by atoms with Gasteiger partial charge in [-0.3, -0.25) is 4.79 Å². The SMILES string of the molecule is N#C/C(=C\c1c(F)cccc1F)C(=O)NCc1ccccc1. The van der Waals surface area contributed by atoms with E-state index in [2.05, 4.69) is 5.32 Å². The van der Waals surface area contributed by atoms with Crippen molar-refractivity contribution in [3.05, 3.63) is 76.9 Å². The molecule has 0 radical (unpaired) electrons. The summed E-state index contributed by atoms with van der Waals surface area (Å²) >= 11 is 0. The van der Waals surface area contributed by atoms with Gasteiger partial charge in [0.2, 0.25) is 0 Å².